The summed E-state index contributed by atoms with van der Waals surface area (Å²) in [5.41, 5.74) is 2.67. The Morgan fingerprint density at radius 2 is 1.90 bits per heavy atom. The summed E-state index contributed by atoms with van der Waals surface area (Å²) >= 11 is 0. The Morgan fingerprint density at radius 1 is 1.13 bits per heavy atom. The van der Waals surface area contributed by atoms with Crippen LogP contribution in [0.25, 0.3) is 0 Å². The highest BCUT2D eigenvalue weighted by molar-refractivity contribution is 7.93. The number of rotatable bonds is 5. The zero-order valence-electron chi connectivity index (χ0n) is 18.2. The van der Waals surface area contributed by atoms with Crippen molar-refractivity contribution in [3.63, 3.8) is 0 Å². The minimum absolute atomic E-state index is 0.102. The maximum absolute atomic E-state index is 13.1. The number of carbonyl (C=O) groups excluding carboxylic acids is 2. The van der Waals surface area contributed by atoms with Gasteiger partial charge in [0, 0.05) is 31.0 Å². The number of aryl methyl sites for hydroxylation is 1. The molecule has 3 aliphatic rings. The van der Waals surface area contributed by atoms with Crippen molar-refractivity contribution in [3.8, 4) is 0 Å². The number of hydrogen-bond donors (Lipinski definition) is 0. The fourth-order valence-electron chi connectivity index (χ4n) is 4.90. The van der Waals surface area contributed by atoms with Gasteiger partial charge in [0.2, 0.25) is 5.91 Å². The topological polar surface area (TPSA) is 85.3 Å². The SMILES string of the molecule is CS(=O)(=NC(=O)CC1COCCO1)C1CCN(C(=O)CC2CCc3ccccc32)CC1. The largest absolute Gasteiger partial charge is 0.376 e. The second-order valence-corrected chi connectivity index (χ2v) is 11.4. The van der Waals surface area contributed by atoms with Crippen molar-refractivity contribution in [2.45, 2.75) is 55.8 Å². The molecule has 2 saturated heterocycles. The first-order chi connectivity index (χ1) is 14.9. The average molecular weight is 449 g/mol. The highest BCUT2D eigenvalue weighted by atomic mass is 32.2. The van der Waals surface area contributed by atoms with Crippen LogP contribution < -0.4 is 0 Å². The Morgan fingerprint density at radius 3 is 2.65 bits per heavy atom. The molecule has 4 rings (SSSR count). The van der Waals surface area contributed by atoms with E-state index in [1.165, 1.54) is 11.1 Å². The molecule has 2 fully saturated rings. The number of amides is 2. The van der Waals surface area contributed by atoms with Gasteiger partial charge in [-0.2, -0.15) is 4.36 Å². The minimum Gasteiger partial charge on any atom is -0.376 e. The van der Waals surface area contributed by atoms with E-state index in [4.69, 9.17) is 9.47 Å². The van der Waals surface area contributed by atoms with E-state index in [-0.39, 0.29) is 29.6 Å². The molecule has 0 aromatic heterocycles. The molecule has 31 heavy (non-hydrogen) atoms. The molecule has 2 heterocycles. The van der Waals surface area contributed by atoms with Gasteiger partial charge in [-0.15, -0.1) is 0 Å². The van der Waals surface area contributed by atoms with Crippen molar-refractivity contribution < 1.29 is 23.3 Å². The lowest BCUT2D eigenvalue weighted by molar-refractivity contribution is -0.132. The Labute approximate surface area is 184 Å². The summed E-state index contributed by atoms with van der Waals surface area (Å²) in [5.74, 6) is 0.0852. The predicted octanol–water partition coefficient (Wildman–Crippen LogP) is 2.53. The van der Waals surface area contributed by atoms with Crippen LogP contribution in [0.15, 0.2) is 28.6 Å². The number of ether oxygens (including phenoxy) is 2. The average Bonchev–Trinajstić information content (AvgIpc) is 3.17. The standard InChI is InChI=1S/C23H32N2O5S/c1-31(28,24-22(26)15-19-16-29-12-13-30-19)20-8-10-25(11-9-20)23(27)14-18-7-6-17-4-2-3-5-21(17)18/h2-5,18-20H,6-16H2,1H3. The van der Waals surface area contributed by atoms with Gasteiger partial charge in [0.15, 0.2) is 0 Å². The Kier molecular flexibility index (Phi) is 7.08. The van der Waals surface area contributed by atoms with E-state index in [1.54, 1.807) is 6.26 Å². The molecule has 2 amide bonds. The number of hydrogen-bond acceptors (Lipinski definition) is 5. The van der Waals surface area contributed by atoms with Crippen LogP contribution in [-0.4, -0.2) is 71.4 Å². The van der Waals surface area contributed by atoms with Crippen LogP contribution in [0.5, 0.6) is 0 Å². The molecule has 0 bridgehead atoms. The number of fused-ring (bicyclic) bond motifs is 1. The molecule has 0 saturated carbocycles. The molecular weight excluding hydrogens is 416 g/mol. The summed E-state index contributed by atoms with van der Waals surface area (Å²) in [6.45, 7) is 2.53. The highest BCUT2D eigenvalue weighted by Gasteiger charge is 2.31. The molecule has 1 aromatic carbocycles. The third-order valence-electron chi connectivity index (χ3n) is 6.66. The molecule has 1 aromatic rings. The van der Waals surface area contributed by atoms with Gasteiger partial charge in [0.25, 0.3) is 5.91 Å². The predicted molar refractivity (Wildman–Crippen MR) is 118 cm³/mol. The van der Waals surface area contributed by atoms with Crippen LogP contribution >= 0.6 is 0 Å². The zero-order chi connectivity index (χ0) is 21.8. The normalized spacial score (nSPS) is 26.2. The molecule has 7 nitrogen and oxygen atoms in total. The molecule has 170 valence electrons. The van der Waals surface area contributed by atoms with Crippen LogP contribution in [-0.2, 0) is 35.2 Å². The summed E-state index contributed by atoms with van der Waals surface area (Å²) < 4.78 is 28.0. The van der Waals surface area contributed by atoms with E-state index >= 15 is 0 Å². The number of nitrogens with zero attached hydrogens (tertiary/aromatic N) is 2. The Hall–Kier alpha value is -1.77. The molecule has 3 unspecified atom stereocenters. The maximum Gasteiger partial charge on any atom is 0.256 e. The van der Waals surface area contributed by atoms with Gasteiger partial charge in [-0.25, -0.2) is 4.21 Å². The number of likely N-dealkylation sites (tertiary alicyclic amines) is 1. The van der Waals surface area contributed by atoms with Crippen LogP contribution in [0, 0.1) is 0 Å². The molecule has 1 aliphatic carbocycles. The quantitative estimate of drug-likeness (QED) is 0.691. The highest BCUT2D eigenvalue weighted by Crippen LogP contribution is 2.36. The minimum atomic E-state index is -2.65. The third-order valence-corrected chi connectivity index (χ3v) is 8.94. The molecule has 3 atom stereocenters. The van der Waals surface area contributed by atoms with Gasteiger partial charge >= 0.3 is 0 Å². The Balaban J connectivity index is 1.29. The lowest BCUT2D eigenvalue weighted by atomic mass is 9.96. The maximum atomic E-state index is 13.1. The first kappa shape index (κ1) is 22.4. The van der Waals surface area contributed by atoms with Crippen LogP contribution in [0.3, 0.4) is 0 Å². The molecule has 8 heteroatoms. The summed E-state index contributed by atoms with van der Waals surface area (Å²) in [4.78, 5) is 27.1. The van der Waals surface area contributed by atoms with Gasteiger partial charge in [-0.05, 0) is 42.7 Å². The van der Waals surface area contributed by atoms with Gasteiger partial charge in [0.05, 0.1) is 42.1 Å². The molecular formula is C23H32N2O5S. The summed E-state index contributed by atoms with van der Waals surface area (Å²) in [6, 6.07) is 8.40. The number of carbonyl (C=O) groups is 2. The summed E-state index contributed by atoms with van der Waals surface area (Å²) in [5, 5.41) is -0.170. The van der Waals surface area contributed by atoms with Gasteiger partial charge in [-0.3, -0.25) is 9.59 Å². The fourth-order valence-corrected chi connectivity index (χ4v) is 6.62. The second kappa shape index (κ2) is 9.79. The van der Waals surface area contributed by atoms with E-state index in [9.17, 15) is 13.8 Å². The van der Waals surface area contributed by atoms with Gasteiger partial charge in [-0.1, -0.05) is 24.3 Å². The monoisotopic (exact) mass is 448 g/mol. The summed E-state index contributed by atoms with van der Waals surface area (Å²) in [7, 11) is -2.65. The molecule has 0 N–H and O–H groups in total. The van der Waals surface area contributed by atoms with Crippen molar-refractivity contribution in [1.82, 2.24) is 4.90 Å². The molecule has 0 spiro atoms. The smallest absolute Gasteiger partial charge is 0.256 e. The third kappa shape index (κ3) is 5.54. The van der Waals surface area contributed by atoms with Crippen molar-refractivity contribution >= 4 is 21.5 Å². The van der Waals surface area contributed by atoms with Crippen molar-refractivity contribution in [2.24, 2.45) is 4.36 Å². The van der Waals surface area contributed by atoms with Crippen molar-refractivity contribution in [2.75, 3.05) is 39.2 Å². The summed E-state index contributed by atoms with van der Waals surface area (Å²) in [6.07, 6.45) is 5.20. The van der Waals surface area contributed by atoms with E-state index in [0.717, 1.165) is 12.8 Å². The first-order valence-electron chi connectivity index (χ1n) is 11.2. The van der Waals surface area contributed by atoms with Gasteiger partial charge in [0.1, 0.15) is 0 Å². The number of piperidine rings is 1. The second-order valence-electron chi connectivity index (χ2n) is 8.84. The van der Waals surface area contributed by atoms with E-state index < -0.39 is 9.73 Å². The first-order valence-corrected chi connectivity index (χ1v) is 13.2. The van der Waals surface area contributed by atoms with Crippen LogP contribution in [0.4, 0.5) is 0 Å². The van der Waals surface area contributed by atoms with E-state index in [2.05, 4.69) is 22.6 Å². The molecule has 0 radical (unpaired) electrons. The van der Waals surface area contributed by atoms with E-state index in [0.29, 0.717) is 58.1 Å². The van der Waals surface area contributed by atoms with E-state index in [1.807, 2.05) is 11.0 Å². The van der Waals surface area contributed by atoms with Crippen molar-refractivity contribution in [1.29, 1.82) is 0 Å². The zero-order valence-corrected chi connectivity index (χ0v) is 19.0. The molecule has 2 aliphatic heterocycles. The Bertz CT molecular complexity index is 926. The fraction of sp³-hybridized carbons (Fsp3) is 0.652. The number of benzene rings is 1. The van der Waals surface area contributed by atoms with Crippen molar-refractivity contribution in [3.05, 3.63) is 35.4 Å². The van der Waals surface area contributed by atoms with Crippen LogP contribution in [0.2, 0.25) is 0 Å². The van der Waals surface area contributed by atoms with Crippen LogP contribution in [0.1, 0.15) is 49.1 Å². The van der Waals surface area contributed by atoms with Gasteiger partial charge < -0.3 is 14.4 Å². The lowest BCUT2D eigenvalue weighted by Gasteiger charge is -2.33. The lowest BCUT2D eigenvalue weighted by Crippen LogP contribution is -2.42.